The van der Waals surface area contributed by atoms with E-state index in [1.54, 1.807) is 7.11 Å². The maximum absolute atomic E-state index is 12.1. The summed E-state index contributed by atoms with van der Waals surface area (Å²) in [6.07, 6.45) is 6.53. The van der Waals surface area contributed by atoms with Crippen LogP contribution in [0.15, 0.2) is 24.3 Å². The van der Waals surface area contributed by atoms with E-state index in [1.807, 2.05) is 18.2 Å². The number of methoxy groups -OCH3 is 1. The van der Waals surface area contributed by atoms with Crippen LogP contribution in [0.1, 0.15) is 37.7 Å². The molecule has 1 amide bonds. The fourth-order valence-corrected chi connectivity index (χ4v) is 3.18. The van der Waals surface area contributed by atoms with Crippen molar-refractivity contribution in [1.29, 1.82) is 0 Å². The number of carbonyl (C=O) groups is 1. The van der Waals surface area contributed by atoms with Gasteiger partial charge in [-0.1, -0.05) is 37.5 Å². The predicted octanol–water partition coefficient (Wildman–Crippen LogP) is 2.36. The van der Waals surface area contributed by atoms with E-state index in [-0.39, 0.29) is 12.5 Å². The van der Waals surface area contributed by atoms with Crippen molar-refractivity contribution in [2.45, 2.75) is 50.7 Å². The smallest absolute Gasteiger partial charge is 0.243 e. The van der Waals surface area contributed by atoms with Crippen LogP contribution in [-0.2, 0) is 16.1 Å². The van der Waals surface area contributed by atoms with Crippen LogP contribution in [0.25, 0.3) is 0 Å². The topological polar surface area (TPSA) is 67.6 Å². The molecule has 1 atom stereocenters. The third kappa shape index (κ3) is 5.30. The Labute approximate surface area is 139 Å². The van der Waals surface area contributed by atoms with Gasteiger partial charge >= 0.3 is 0 Å². The van der Waals surface area contributed by atoms with Crippen molar-refractivity contribution < 1.29 is 9.53 Å². The van der Waals surface area contributed by atoms with Crippen molar-refractivity contribution in [3.8, 4) is 0 Å². The van der Waals surface area contributed by atoms with Gasteiger partial charge in [0.2, 0.25) is 5.91 Å². The molecule has 0 aromatic heterocycles. The van der Waals surface area contributed by atoms with Gasteiger partial charge in [0, 0.05) is 25.4 Å². The molecule has 1 aromatic rings. The first-order valence-electron chi connectivity index (χ1n) is 8.45. The number of carbonyl (C=O) groups excluding carboxylic acids is 1. The second-order valence-corrected chi connectivity index (χ2v) is 6.42. The molecule has 128 valence electrons. The standard InChI is InChI=1S/C18H29N3O2/c1-21(15-9-4-3-5-10-15)12-14-8-6-7-11-17(14)20-18(22)16(19)13-23-2/h6-8,11,15-16H,3-5,9-10,12-13,19H2,1-2H3,(H,20,22). The molecule has 5 heteroatoms. The van der Waals surface area contributed by atoms with Gasteiger partial charge in [-0.25, -0.2) is 0 Å². The predicted molar refractivity (Wildman–Crippen MR) is 93.3 cm³/mol. The van der Waals surface area contributed by atoms with Crippen LogP contribution in [0.2, 0.25) is 0 Å². The molecule has 0 heterocycles. The zero-order valence-electron chi connectivity index (χ0n) is 14.3. The van der Waals surface area contributed by atoms with Crippen LogP contribution in [0.4, 0.5) is 5.69 Å². The second-order valence-electron chi connectivity index (χ2n) is 6.42. The summed E-state index contributed by atoms with van der Waals surface area (Å²) in [4.78, 5) is 14.5. The molecule has 1 aliphatic carbocycles. The summed E-state index contributed by atoms with van der Waals surface area (Å²) in [6, 6.07) is 7.93. The third-order valence-electron chi connectivity index (χ3n) is 4.58. The molecule has 1 unspecified atom stereocenters. The average Bonchev–Trinajstić information content (AvgIpc) is 2.57. The number of rotatable bonds is 7. The maximum Gasteiger partial charge on any atom is 0.243 e. The molecule has 0 aliphatic heterocycles. The highest BCUT2D eigenvalue weighted by atomic mass is 16.5. The Kier molecular flexibility index (Phi) is 7.02. The van der Waals surface area contributed by atoms with Crippen molar-refractivity contribution in [1.82, 2.24) is 4.90 Å². The summed E-state index contributed by atoms with van der Waals surface area (Å²) < 4.78 is 4.94. The number of nitrogens with one attached hydrogen (secondary N) is 1. The van der Waals surface area contributed by atoms with Gasteiger partial charge in [-0.15, -0.1) is 0 Å². The van der Waals surface area contributed by atoms with Gasteiger partial charge < -0.3 is 15.8 Å². The summed E-state index contributed by atoms with van der Waals surface area (Å²) in [7, 11) is 3.71. The van der Waals surface area contributed by atoms with Crippen molar-refractivity contribution >= 4 is 11.6 Å². The molecular formula is C18H29N3O2. The van der Waals surface area contributed by atoms with Crippen LogP contribution < -0.4 is 11.1 Å². The van der Waals surface area contributed by atoms with Crippen LogP contribution in [0, 0.1) is 0 Å². The Morgan fingerprint density at radius 2 is 2.04 bits per heavy atom. The van der Waals surface area contributed by atoms with Crippen molar-refractivity contribution in [3.05, 3.63) is 29.8 Å². The van der Waals surface area contributed by atoms with Gasteiger partial charge in [-0.3, -0.25) is 9.69 Å². The maximum atomic E-state index is 12.1. The Bertz CT molecular complexity index is 501. The monoisotopic (exact) mass is 319 g/mol. The van der Waals surface area contributed by atoms with E-state index in [1.165, 1.54) is 32.1 Å². The summed E-state index contributed by atoms with van der Waals surface area (Å²) in [5, 5.41) is 2.93. The van der Waals surface area contributed by atoms with Crippen LogP contribution in [-0.4, -0.2) is 43.7 Å². The number of anilines is 1. The number of hydrogen-bond donors (Lipinski definition) is 2. The molecule has 0 bridgehead atoms. The number of benzene rings is 1. The zero-order chi connectivity index (χ0) is 16.7. The Balaban J connectivity index is 2.00. The Morgan fingerprint density at radius 1 is 1.35 bits per heavy atom. The fourth-order valence-electron chi connectivity index (χ4n) is 3.18. The summed E-state index contributed by atoms with van der Waals surface area (Å²) in [5.41, 5.74) is 7.76. The minimum absolute atomic E-state index is 0.209. The molecule has 0 saturated heterocycles. The highest BCUT2D eigenvalue weighted by Crippen LogP contribution is 2.24. The summed E-state index contributed by atoms with van der Waals surface area (Å²) >= 11 is 0. The van der Waals surface area contributed by atoms with Crippen molar-refractivity contribution in [2.24, 2.45) is 5.73 Å². The normalized spacial score (nSPS) is 17.2. The molecule has 5 nitrogen and oxygen atoms in total. The molecular weight excluding hydrogens is 290 g/mol. The lowest BCUT2D eigenvalue weighted by atomic mass is 9.94. The number of nitrogens with zero attached hydrogens (tertiary/aromatic N) is 1. The zero-order valence-corrected chi connectivity index (χ0v) is 14.3. The van der Waals surface area contributed by atoms with Crippen molar-refractivity contribution in [3.63, 3.8) is 0 Å². The van der Waals surface area contributed by atoms with E-state index in [0.717, 1.165) is 17.8 Å². The number of hydrogen-bond acceptors (Lipinski definition) is 4. The minimum atomic E-state index is -0.649. The number of para-hydroxylation sites is 1. The van der Waals surface area contributed by atoms with E-state index in [9.17, 15) is 4.79 Å². The molecule has 1 fully saturated rings. The Hall–Kier alpha value is -1.43. The highest BCUT2D eigenvalue weighted by molar-refractivity contribution is 5.95. The van der Waals surface area contributed by atoms with Crippen LogP contribution in [0.3, 0.4) is 0 Å². The lowest BCUT2D eigenvalue weighted by Crippen LogP contribution is -2.39. The van der Waals surface area contributed by atoms with Gasteiger partial charge in [-0.2, -0.15) is 0 Å². The second kappa shape index (κ2) is 9.01. The van der Waals surface area contributed by atoms with Crippen LogP contribution >= 0.6 is 0 Å². The van der Waals surface area contributed by atoms with E-state index < -0.39 is 6.04 Å². The van der Waals surface area contributed by atoms with E-state index in [2.05, 4.69) is 23.3 Å². The molecule has 1 aromatic carbocycles. The molecule has 23 heavy (non-hydrogen) atoms. The largest absolute Gasteiger partial charge is 0.383 e. The van der Waals surface area contributed by atoms with Gasteiger partial charge in [-0.05, 0) is 31.5 Å². The average molecular weight is 319 g/mol. The quantitative estimate of drug-likeness (QED) is 0.809. The van der Waals surface area contributed by atoms with E-state index in [0.29, 0.717) is 6.04 Å². The molecule has 1 aliphatic rings. The molecule has 2 rings (SSSR count). The molecule has 0 spiro atoms. The van der Waals surface area contributed by atoms with Crippen molar-refractivity contribution in [2.75, 3.05) is 26.1 Å². The molecule has 3 N–H and O–H groups in total. The van der Waals surface area contributed by atoms with Gasteiger partial charge in [0.25, 0.3) is 0 Å². The first-order valence-corrected chi connectivity index (χ1v) is 8.45. The minimum Gasteiger partial charge on any atom is -0.383 e. The fraction of sp³-hybridized carbons (Fsp3) is 0.611. The molecule has 0 radical (unpaired) electrons. The van der Waals surface area contributed by atoms with Gasteiger partial charge in [0.15, 0.2) is 0 Å². The number of amides is 1. The van der Waals surface area contributed by atoms with Crippen LogP contribution in [0.5, 0.6) is 0 Å². The molecule has 1 saturated carbocycles. The number of ether oxygens (including phenoxy) is 1. The lowest BCUT2D eigenvalue weighted by molar-refractivity contribution is -0.118. The summed E-state index contributed by atoms with van der Waals surface area (Å²) in [5.74, 6) is -0.209. The third-order valence-corrected chi connectivity index (χ3v) is 4.58. The first kappa shape index (κ1) is 17.9. The van der Waals surface area contributed by atoms with Gasteiger partial charge in [0.05, 0.1) is 6.61 Å². The SMILES string of the molecule is COCC(N)C(=O)Nc1ccccc1CN(C)C1CCCCC1. The Morgan fingerprint density at radius 3 is 2.74 bits per heavy atom. The first-order chi connectivity index (χ1) is 11.1. The number of nitrogens with two attached hydrogens (primary N) is 1. The summed E-state index contributed by atoms with van der Waals surface area (Å²) in [6.45, 7) is 1.05. The van der Waals surface area contributed by atoms with E-state index >= 15 is 0 Å². The van der Waals surface area contributed by atoms with E-state index in [4.69, 9.17) is 10.5 Å². The highest BCUT2D eigenvalue weighted by Gasteiger charge is 2.20. The van der Waals surface area contributed by atoms with Gasteiger partial charge in [0.1, 0.15) is 6.04 Å². The lowest BCUT2D eigenvalue weighted by Gasteiger charge is -2.31.